The Kier molecular flexibility index (Phi) is 4.18. The minimum Gasteiger partial charge on any atom is -0.508 e. The Hall–Kier alpha value is -4.26. The first kappa shape index (κ1) is 18.7. The fourth-order valence-corrected chi connectivity index (χ4v) is 4.01. The number of nitrogens with one attached hydrogen (secondary N) is 1. The number of nitrogen functional groups attached to an aromatic ring is 1. The lowest BCUT2D eigenvalue weighted by molar-refractivity contribution is 0.409. The summed E-state index contributed by atoms with van der Waals surface area (Å²) in [6.07, 6.45) is 0. The van der Waals surface area contributed by atoms with Crippen molar-refractivity contribution in [1.82, 2.24) is 9.97 Å². The summed E-state index contributed by atoms with van der Waals surface area (Å²) < 4.78 is 10.8. The maximum atomic E-state index is 13.3. The van der Waals surface area contributed by atoms with Crippen molar-refractivity contribution in [2.75, 3.05) is 20.0 Å². The van der Waals surface area contributed by atoms with E-state index in [1.165, 1.54) is 13.2 Å². The number of aromatic nitrogens is 2. The number of aromatic amines is 1. The van der Waals surface area contributed by atoms with Crippen molar-refractivity contribution >= 4 is 38.4 Å². The summed E-state index contributed by atoms with van der Waals surface area (Å²) in [7, 11) is 3.09. The smallest absolute Gasteiger partial charge is 0.258 e. The maximum absolute atomic E-state index is 13.3. The van der Waals surface area contributed by atoms with Crippen LogP contribution in [0, 0.1) is 0 Å². The van der Waals surface area contributed by atoms with Crippen LogP contribution >= 0.6 is 0 Å². The van der Waals surface area contributed by atoms with Gasteiger partial charge < -0.3 is 25.3 Å². The molecule has 31 heavy (non-hydrogen) atoms. The normalized spacial score (nSPS) is 11.3. The summed E-state index contributed by atoms with van der Waals surface area (Å²) in [6, 6.07) is 15.7. The standard InChI is InChI=1S/C24H19N3O4/c1-30-14-5-7-15-19(11-14)27-24(29)22-21(16-6-4-13(28)10-20(16)31-2)17-9-12(25)3-8-18(17)26-23(15)22/h3-11,28H,25H2,1-2H3,(H,27,29). The van der Waals surface area contributed by atoms with Crippen LogP contribution in [0.1, 0.15) is 0 Å². The van der Waals surface area contributed by atoms with Crippen molar-refractivity contribution in [3.05, 3.63) is 65.0 Å². The first-order valence-corrected chi connectivity index (χ1v) is 9.60. The molecule has 0 spiro atoms. The molecule has 0 amide bonds. The molecule has 0 unspecified atom stereocenters. The van der Waals surface area contributed by atoms with Crippen molar-refractivity contribution in [1.29, 1.82) is 0 Å². The molecular formula is C24H19N3O4. The third-order valence-corrected chi connectivity index (χ3v) is 5.42. The van der Waals surface area contributed by atoms with Crippen LogP contribution < -0.4 is 20.8 Å². The van der Waals surface area contributed by atoms with Crippen LogP contribution in [0.5, 0.6) is 17.2 Å². The van der Waals surface area contributed by atoms with Crippen LogP contribution in [0.3, 0.4) is 0 Å². The van der Waals surface area contributed by atoms with Gasteiger partial charge in [-0.25, -0.2) is 4.98 Å². The zero-order valence-corrected chi connectivity index (χ0v) is 16.9. The van der Waals surface area contributed by atoms with Gasteiger partial charge in [-0.3, -0.25) is 4.79 Å². The molecule has 0 bridgehead atoms. The lowest BCUT2D eigenvalue weighted by atomic mass is 9.94. The summed E-state index contributed by atoms with van der Waals surface area (Å²) in [5.41, 5.74) is 9.50. The molecule has 0 aliphatic carbocycles. The Balaban J connectivity index is 2.04. The van der Waals surface area contributed by atoms with Crippen molar-refractivity contribution in [3.8, 4) is 28.4 Å². The second-order valence-electron chi connectivity index (χ2n) is 7.24. The zero-order chi connectivity index (χ0) is 21.7. The number of phenolic OH excluding ortho intramolecular Hbond substituents is 1. The van der Waals surface area contributed by atoms with E-state index < -0.39 is 0 Å². The number of fused-ring (bicyclic) bond motifs is 4. The van der Waals surface area contributed by atoms with Gasteiger partial charge in [-0.1, -0.05) is 0 Å². The van der Waals surface area contributed by atoms with Gasteiger partial charge in [-0.15, -0.1) is 0 Å². The van der Waals surface area contributed by atoms with Crippen LogP contribution in [0.15, 0.2) is 59.4 Å². The van der Waals surface area contributed by atoms with Gasteiger partial charge in [-0.05, 0) is 42.5 Å². The summed E-state index contributed by atoms with van der Waals surface area (Å²) in [4.78, 5) is 21.1. The minimum absolute atomic E-state index is 0.0641. The van der Waals surface area contributed by atoms with Gasteiger partial charge in [0.05, 0.1) is 36.2 Å². The summed E-state index contributed by atoms with van der Waals surface area (Å²) in [6.45, 7) is 0. The molecule has 2 heterocycles. The lowest BCUT2D eigenvalue weighted by Gasteiger charge is -2.15. The molecule has 0 saturated heterocycles. The average molecular weight is 413 g/mol. The number of aromatic hydroxyl groups is 1. The van der Waals surface area contributed by atoms with E-state index in [0.29, 0.717) is 50.2 Å². The first-order chi connectivity index (χ1) is 15.0. The van der Waals surface area contributed by atoms with E-state index in [1.807, 2.05) is 18.2 Å². The molecule has 5 rings (SSSR count). The summed E-state index contributed by atoms with van der Waals surface area (Å²) in [5.74, 6) is 1.14. The number of rotatable bonds is 3. The van der Waals surface area contributed by atoms with Crippen molar-refractivity contribution in [2.24, 2.45) is 0 Å². The van der Waals surface area contributed by atoms with E-state index in [-0.39, 0.29) is 11.3 Å². The molecule has 3 aromatic carbocycles. The molecule has 7 heteroatoms. The molecule has 0 aliphatic rings. The molecular weight excluding hydrogens is 394 g/mol. The number of nitrogens with zero attached hydrogens (tertiary/aromatic N) is 1. The fourth-order valence-electron chi connectivity index (χ4n) is 4.01. The average Bonchev–Trinajstić information content (AvgIpc) is 2.77. The Morgan fingerprint density at radius 1 is 0.968 bits per heavy atom. The van der Waals surface area contributed by atoms with Gasteiger partial charge in [0.1, 0.15) is 17.2 Å². The Morgan fingerprint density at radius 2 is 1.81 bits per heavy atom. The highest BCUT2D eigenvalue weighted by Crippen LogP contribution is 2.41. The third kappa shape index (κ3) is 2.90. The monoisotopic (exact) mass is 413 g/mol. The second kappa shape index (κ2) is 6.91. The largest absolute Gasteiger partial charge is 0.508 e. The van der Waals surface area contributed by atoms with Gasteiger partial charge in [0.25, 0.3) is 5.56 Å². The predicted molar refractivity (Wildman–Crippen MR) is 122 cm³/mol. The van der Waals surface area contributed by atoms with Gasteiger partial charge >= 0.3 is 0 Å². The SMILES string of the molecule is COc1ccc2c(c1)[nH]c(=O)c1c(-c3ccc(O)cc3OC)c3cc(N)ccc3nc12. The van der Waals surface area contributed by atoms with Crippen molar-refractivity contribution in [2.45, 2.75) is 0 Å². The maximum Gasteiger partial charge on any atom is 0.258 e. The number of pyridine rings is 2. The number of nitrogens with two attached hydrogens (primary N) is 1. The van der Waals surface area contributed by atoms with Crippen molar-refractivity contribution < 1.29 is 14.6 Å². The molecule has 5 aromatic rings. The van der Waals surface area contributed by atoms with Crippen LogP contribution in [0.4, 0.5) is 5.69 Å². The number of methoxy groups -OCH3 is 2. The molecule has 154 valence electrons. The topological polar surface area (TPSA) is 110 Å². The predicted octanol–water partition coefficient (Wildman–Crippen LogP) is 4.20. The Morgan fingerprint density at radius 3 is 2.58 bits per heavy atom. The van der Waals surface area contributed by atoms with E-state index >= 15 is 0 Å². The number of ether oxygens (including phenoxy) is 2. The van der Waals surface area contributed by atoms with Gasteiger partial charge in [-0.2, -0.15) is 0 Å². The third-order valence-electron chi connectivity index (χ3n) is 5.42. The van der Waals surface area contributed by atoms with Crippen LogP contribution in [-0.4, -0.2) is 29.3 Å². The first-order valence-electron chi connectivity index (χ1n) is 9.60. The van der Waals surface area contributed by atoms with E-state index in [4.69, 9.17) is 20.2 Å². The molecule has 2 aromatic heterocycles. The van der Waals surface area contributed by atoms with Gasteiger partial charge in [0, 0.05) is 39.7 Å². The van der Waals surface area contributed by atoms with E-state index in [0.717, 1.165) is 10.8 Å². The molecule has 4 N–H and O–H groups in total. The van der Waals surface area contributed by atoms with Gasteiger partial charge in [0.2, 0.25) is 0 Å². The molecule has 0 atom stereocenters. The Bertz CT molecular complexity index is 1560. The second-order valence-corrected chi connectivity index (χ2v) is 7.24. The number of hydrogen-bond donors (Lipinski definition) is 3. The van der Waals surface area contributed by atoms with Gasteiger partial charge in [0.15, 0.2) is 0 Å². The number of hydrogen-bond acceptors (Lipinski definition) is 6. The highest BCUT2D eigenvalue weighted by molar-refractivity contribution is 6.16. The van der Waals surface area contributed by atoms with E-state index in [9.17, 15) is 9.90 Å². The number of H-pyrrole nitrogens is 1. The Labute approximate surface area is 176 Å². The lowest BCUT2D eigenvalue weighted by Crippen LogP contribution is -2.10. The van der Waals surface area contributed by atoms with E-state index in [1.54, 1.807) is 37.4 Å². The molecule has 7 nitrogen and oxygen atoms in total. The number of phenols is 1. The quantitative estimate of drug-likeness (QED) is 0.232. The highest BCUT2D eigenvalue weighted by Gasteiger charge is 2.20. The van der Waals surface area contributed by atoms with Crippen LogP contribution in [0.2, 0.25) is 0 Å². The van der Waals surface area contributed by atoms with Crippen LogP contribution in [0.25, 0.3) is 43.8 Å². The summed E-state index contributed by atoms with van der Waals surface area (Å²) >= 11 is 0. The zero-order valence-electron chi connectivity index (χ0n) is 16.9. The number of anilines is 1. The molecule has 0 fully saturated rings. The minimum atomic E-state index is -0.294. The molecule has 0 saturated carbocycles. The van der Waals surface area contributed by atoms with Crippen LogP contribution in [-0.2, 0) is 0 Å². The van der Waals surface area contributed by atoms with Crippen molar-refractivity contribution in [3.63, 3.8) is 0 Å². The molecule has 0 aliphatic heterocycles. The fraction of sp³-hybridized carbons (Fsp3) is 0.0833. The highest BCUT2D eigenvalue weighted by atomic mass is 16.5. The number of benzene rings is 3. The summed E-state index contributed by atoms with van der Waals surface area (Å²) in [5, 5.41) is 11.9. The van der Waals surface area contributed by atoms with E-state index in [2.05, 4.69) is 4.98 Å². The molecule has 0 radical (unpaired) electrons.